The van der Waals surface area contributed by atoms with Gasteiger partial charge in [0.25, 0.3) is 0 Å². The monoisotopic (exact) mass is 225 g/mol. The Morgan fingerprint density at radius 2 is 2.06 bits per heavy atom. The van der Waals surface area contributed by atoms with Gasteiger partial charge in [0.15, 0.2) is 0 Å². The van der Waals surface area contributed by atoms with Crippen molar-refractivity contribution in [2.45, 2.75) is 51.1 Å². The molecule has 0 saturated carbocycles. The smallest absolute Gasteiger partial charge is 0.0192 e. The fourth-order valence-corrected chi connectivity index (χ4v) is 2.89. The average Bonchev–Trinajstić information content (AvgIpc) is 2.83. The van der Waals surface area contributed by atoms with Gasteiger partial charge in [-0.3, -0.25) is 4.90 Å². The van der Waals surface area contributed by atoms with Crippen LogP contribution in [-0.4, -0.2) is 49.7 Å². The lowest BCUT2D eigenvalue weighted by atomic mass is 10.1. The van der Waals surface area contributed by atoms with Gasteiger partial charge in [-0.05, 0) is 52.2 Å². The second kappa shape index (κ2) is 6.58. The van der Waals surface area contributed by atoms with Crippen molar-refractivity contribution in [3.05, 3.63) is 0 Å². The van der Waals surface area contributed by atoms with E-state index in [4.69, 9.17) is 0 Å². The first kappa shape index (κ1) is 12.3. The van der Waals surface area contributed by atoms with E-state index in [9.17, 15) is 0 Å². The lowest BCUT2D eigenvalue weighted by Crippen LogP contribution is -2.45. The van der Waals surface area contributed by atoms with Crippen LogP contribution in [0.4, 0.5) is 0 Å². The summed E-state index contributed by atoms with van der Waals surface area (Å²) in [4.78, 5) is 2.64. The summed E-state index contributed by atoms with van der Waals surface area (Å²) >= 11 is 0. The predicted octanol–water partition coefficient (Wildman–Crippen LogP) is 1.20. The molecule has 2 rings (SSSR count). The summed E-state index contributed by atoms with van der Waals surface area (Å²) < 4.78 is 0. The van der Waals surface area contributed by atoms with Crippen molar-refractivity contribution in [1.82, 2.24) is 15.5 Å². The zero-order valence-electron chi connectivity index (χ0n) is 10.7. The lowest BCUT2D eigenvalue weighted by Gasteiger charge is -2.32. The van der Waals surface area contributed by atoms with Crippen molar-refractivity contribution >= 4 is 0 Å². The van der Waals surface area contributed by atoms with Gasteiger partial charge in [-0.15, -0.1) is 0 Å². The molecule has 0 aliphatic carbocycles. The minimum absolute atomic E-state index is 0.710. The molecule has 0 aromatic carbocycles. The Hall–Kier alpha value is -0.120. The van der Waals surface area contributed by atoms with E-state index in [-0.39, 0.29) is 0 Å². The van der Waals surface area contributed by atoms with Gasteiger partial charge in [-0.2, -0.15) is 0 Å². The minimum Gasteiger partial charge on any atom is -0.314 e. The molecule has 16 heavy (non-hydrogen) atoms. The Morgan fingerprint density at radius 3 is 2.75 bits per heavy atom. The summed E-state index contributed by atoms with van der Waals surface area (Å²) in [6, 6.07) is 1.44. The largest absolute Gasteiger partial charge is 0.314 e. The van der Waals surface area contributed by atoms with E-state index in [1.807, 2.05) is 0 Å². The van der Waals surface area contributed by atoms with Crippen LogP contribution in [0, 0.1) is 0 Å². The molecule has 0 spiro atoms. The van der Waals surface area contributed by atoms with E-state index >= 15 is 0 Å². The SMILES string of the molecule is CC(CNCC1CCCN1)N1CCCCC1. The van der Waals surface area contributed by atoms with E-state index in [1.54, 1.807) is 0 Å². The summed E-state index contributed by atoms with van der Waals surface area (Å²) in [7, 11) is 0. The second-order valence-corrected chi connectivity index (χ2v) is 5.40. The molecule has 0 aromatic heterocycles. The summed E-state index contributed by atoms with van der Waals surface area (Å²) in [5.41, 5.74) is 0. The first-order valence-corrected chi connectivity index (χ1v) is 7.04. The van der Waals surface area contributed by atoms with Crippen molar-refractivity contribution in [3.63, 3.8) is 0 Å². The lowest BCUT2D eigenvalue weighted by molar-refractivity contribution is 0.170. The fourth-order valence-electron chi connectivity index (χ4n) is 2.89. The number of likely N-dealkylation sites (tertiary alicyclic amines) is 1. The van der Waals surface area contributed by atoms with Crippen molar-refractivity contribution in [2.24, 2.45) is 0 Å². The molecule has 0 amide bonds. The van der Waals surface area contributed by atoms with E-state index in [1.165, 1.54) is 51.7 Å². The Morgan fingerprint density at radius 1 is 1.25 bits per heavy atom. The van der Waals surface area contributed by atoms with Crippen LogP contribution in [-0.2, 0) is 0 Å². The molecule has 0 bridgehead atoms. The highest BCUT2D eigenvalue weighted by molar-refractivity contribution is 4.78. The van der Waals surface area contributed by atoms with E-state index in [2.05, 4.69) is 22.5 Å². The molecule has 0 aromatic rings. The molecular formula is C13H27N3. The molecule has 2 unspecified atom stereocenters. The van der Waals surface area contributed by atoms with Crippen molar-refractivity contribution < 1.29 is 0 Å². The highest BCUT2D eigenvalue weighted by Gasteiger charge is 2.17. The number of nitrogens with zero attached hydrogens (tertiary/aromatic N) is 1. The van der Waals surface area contributed by atoms with Gasteiger partial charge in [0.05, 0.1) is 0 Å². The highest BCUT2D eigenvalue weighted by Crippen LogP contribution is 2.11. The molecule has 2 heterocycles. The summed E-state index contributed by atoms with van der Waals surface area (Å²) in [6.45, 7) is 8.50. The van der Waals surface area contributed by atoms with Crippen molar-refractivity contribution in [2.75, 3.05) is 32.7 Å². The molecule has 2 aliphatic rings. The molecule has 2 N–H and O–H groups in total. The summed E-state index contributed by atoms with van der Waals surface area (Å²) in [5.74, 6) is 0. The van der Waals surface area contributed by atoms with Crippen LogP contribution in [0.2, 0.25) is 0 Å². The topological polar surface area (TPSA) is 27.3 Å². The van der Waals surface area contributed by atoms with Gasteiger partial charge in [0.1, 0.15) is 0 Å². The fraction of sp³-hybridized carbons (Fsp3) is 1.00. The van der Waals surface area contributed by atoms with Crippen molar-refractivity contribution in [3.8, 4) is 0 Å². The number of nitrogens with one attached hydrogen (secondary N) is 2. The molecule has 0 radical (unpaired) electrons. The molecule has 3 heteroatoms. The first-order valence-electron chi connectivity index (χ1n) is 7.04. The van der Waals surface area contributed by atoms with E-state index in [0.29, 0.717) is 6.04 Å². The van der Waals surface area contributed by atoms with Gasteiger partial charge in [0.2, 0.25) is 0 Å². The van der Waals surface area contributed by atoms with Crippen LogP contribution in [0.15, 0.2) is 0 Å². The molecule has 2 aliphatic heterocycles. The van der Waals surface area contributed by atoms with Gasteiger partial charge in [-0.25, -0.2) is 0 Å². The standard InChI is InChI=1S/C13H27N3/c1-12(16-8-3-2-4-9-16)10-14-11-13-6-5-7-15-13/h12-15H,2-11H2,1H3. The predicted molar refractivity (Wildman–Crippen MR) is 68.8 cm³/mol. The third-order valence-electron chi connectivity index (χ3n) is 4.01. The van der Waals surface area contributed by atoms with E-state index in [0.717, 1.165) is 19.1 Å². The third-order valence-corrected chi connectivity index (χ3v) is 4.01. The quantitative estimate of drug-likeness (QED) is 0.736. The normalized spacial score (nSPS) is 29.4. The zero-order chi connectivity index (χ0) is 11.2. The summed E-state index contributed by atoms with van der Waals surface area (Å²) in [5, 5.41) is 7.15. The molecular weight excluding hydrogens is 198 g/mol. The average molecular weight is 225 g/mol. The Balaban J connectivity index is 1.57. The van der Waals surface area contributed by atoms with Crippen LogP contribution in [0.3, 0.4) is 0 Å². The first-order chi connectivity index (χ1) is 7.86. The maximum atomic E-state index is 3.62. The summed E-state index contributed by atoms with van der Waals surface area (Å²) in [6.07, 6.45) is 6.94. The molecule has 2 atom stereocenters. The van der Waals surface area contributed by atoms with Gasteiger partial charge in [0, 0.05) is 25.2 Å². The van der Waals surface area contributed by atoms with Gasteiger partial charge < -0.3 is 10.6 Å². The zero-order valence-corrected chi connectivity index (χ0v) is 10.7. The Labute approximate surface area is 100.0 Å². The van der Waals surface area contributed by atoms with Crippen LogP contribution >= 0.6 is 0 Å². The molecule has 2 saturated heterocycles. The molecule has 94 valence electrons. The second-order valence-electron chi connectivity index (χ2n) is 5.40. The minimum atomic E-state index is 0.710. The van der Waals surface area contributed by atoms with E-state index < -0.39 is 0 Å². The van der Waals surface area contributed by atoms with Crippen LogP contribution in [0.5, 0.6) is 0 Å². The molecule has 2 fully saturated rings. The van der Waals surface area contributed by atoms with Gasteiger partial charge in [-0.1, -0.05) is 6.42 Å². The number of hydrogen-bond acceptors (Lipinski definition) is 3. The van der Waals surface area contributed by atoms with Crippen LogP contribution in [0.1, 0.15) is 39.0 Å². The highest BCUT2D eigenvalue weighted by atomic mass is 15.2. The van der Waals surface area contributed by atoms with Gasteiger partial charge >= 0.3 is 0 Å². The maximum absolute atomic E-state index is 3.62. The Kier molecular flexibility index (Phi) is 5.07. The number of piperidine rings is 1. The number of hydrogen-bond donors (Lipinski definition) is 2. The van der Waals surface area contributed by atoms with Crippen LogP contribution in [0.25, 0.3) is 0 Å². The molecule has 3 nitrogen and oxygen atoms in total. The van der Waals surface area contributed by atoms with Crippen molar-refractivity contribution in [1.29, 1.82) is 0 Å². The number of rotatable bonds is 5. The Bertz CT molecular complexity index is 184. The maximum Gasteiger partial charge on any atom is 0.0192 e. The third kappa shape index (κ3) is 3.72. The van der Waals surface area contributed by atoms with Crippen LogP contribution < -0.4 is 10.6 Å².